The molecule has 2 aliphatic rings. The second-order valence-corrected chi connectivity index (χ2v) is 10.1. The third-order valence-corrected chi connectivity index (χ3v) is 8.19. The van der Waals surface area contributed by atoms with Gasteiger partial charge in [-0.15, -0.1) is 11.0 Å². The first-order valence-corrected chi connectivity index (χ1v) is 12.2. The minimum atomic E-state index is -0.554. The standard InChI is InChI=1S/C31H30N2O2/c1-29(2,30(25-15-5-3-6-16-25)21-23-13-9-11-19-27(23)34-32-30)31(26-17-7-4-8-18-26)22-24-14-10-12-20-28(24)35-33-31/h3-20,32-33H,21-22H2,1-2H3. The fourth-order valence-electron chi connectivity index (χ4n) is 5.98. The number of rotatable bonds is 4. The molecular formula is C31H30N2O2. The van der Waals surface area contributed by atoms with Crippen molar-refractivity contribution in [2.45, 2.75) is 37.8 Å². The zero-order valence-corrected chi connectivity index (χ0v) is 20.1. The van der Waals surface area contributed by atoms with Crippen LogP contribution in [-0.4, -0.2) is 0 Å². The molecule has 4 aromatic rings. The molecule has 0 saturated carbocycles. The average Bonchev–Trinajstić information content (AvgIpc) is 2.93. The number of fused-ring (bicyclic) bond motifs is 2. The van der Waals surface area contributed by atoms with Gasteiger partial charge in [-0.2, -0.15) is 0 Å². The average molecular weight is 463 g/mol. The largest absolute Gasteiger partial charge is 0.408 e. The second-order valence-electron chi connectivity index (χ2n) is 10.1. The van der Waals surface area contributed by atoms with Crippen molar-refractivity contribution in [2.24, 2.45) is 5.41 Å². The number of hydrogen-bond acceptors (Lipinski definition) is 4. The summed E-state index contributed by atoms with van der Waals surface area (Å²) in [5, 5.41) is 0. The fourth-order valence-corrected chi connectivity index (χ4v) is 5.98. The molecule has 0 aromatic heterocycles. The molecule has 0 radical (unpaired) electrons. The Morgan fingerprint density at radius 3 is 1.34 bits per heavy atom. The van der Waals surface area contributed by atoms with Crippen molar-refractivity contribution in [2.75, 3.05) is 0 Å². The molecule has 2 unspecified atom stereocenters. The van der Waals surface area contributed by atoms with Gasteiger partial charge in [0.1, 0.15) is 11.5 Å². The van der Waals surface area contributed by atoms with E-state index in [1.807, 2.05) is 24.3 Å². The molecule has 4 aromatic carbocycles. The molecule has 0 fully saturated rings. The van der Waals surface area contributed by atoms with E-state index in [-0.39, 0.29) is 0 Å². The zero-order chi connectivity index (χ0) is 23.9. The predicted molar refractivity (Wildman–Crippen MR) is 138 cm³/mol. The van der Waals surface area contributed by atoms with Crippen LogP contribution in [0.5, 0.6) is 11.5 Å². The number of hydroxylamine groups is 2. The first-order chi connectivity index (χ1) is 17.1. The summed E-state index contributed by atoms with van der Waals surface area (Å²) in [4.78, 5) is 12.6. The molecule has 2 N–H and O–H groups in total. The molecule has 6 rings (SSSR count). The third kappa shape index (κ3) is 3.28. The Balaban J connectivity index is 1.58. The van der Waals surface area contributed by atoms with Gasteiger partial charge in [0.2, 0.25) is 0 Å². The van der Waals surface area contributed by atoms with Gasteiger partial charge in [-0.3, -0.25) is 0 Å². The molecule has 35 heavy (non-hydrogen) atoms. The van der Waals surface area contributed by atoms with Crippen LogP contribution in [0.2, 0.25) is 0 Å². The molecule has 0 aliphatic carbocycles. The highest BCUT2D eigenvalue weighted by molar-refractivity contribution is 5.46. The van der Waals surface area contributed by atoms with Crippen LogP contribution in [0.1, 0.15) is 36.1 Å². The Morgan fingerprint density at radius 1 is 0.543 bits per heavy atom. The van der Waals surface area contributed by atoms with E-state index < -0.39 is 16.5 Å². The Labute approximate surface area is 206 Å². The first-order valence-electron chi connectivity index (χ1n) is 12.2. The van der Waals surface area contributed by atoms with E-state index in [0.29, 0.717) is 0 Å². The predicted octanol–water partition coefficient (Wildman–Crippen LogP) is 6.08. The Kier molecular flexibility index (Phi) is 5.17. The second kappa shape index (κ2) is 8.26. The minimum absolute atomic E-state index is 0.441. The fraction of sp³-hybridized carbons (Fsp3) is 0.226. The van der Waals surface area contributed by atoms with E-state index in [0.717, 1.165) is 24.3 Å². The summed E-state index contributed by atoms with van der Waals surface area (Å²) in [7, 11) is 0. The summed E-state index contributed by atoms with van der Waals surface area (Å²) in [5.41, 5.74) is 10.3. The van der Waals surface area contributed by atoms with E-state index in [1.165, 1.54) is 22.3 Å². The zero-order valence-electron chi connectivity index (χ0n) is 20.1. The van der Waals surface area contributed by atoms with Crippen LogP contribution in [-0.2, 0) is 23.9 Å². The maximum absolute atomic E-state index is 6.30. The molecule has 4 heteroatoms. The van der Waals surface area contributed by atoms with E-state index in [1.54, 1.807) is 0 Å². The SMILES string of the molecule is CC(C)(C1(c2ccccc2)Cc2ccccc2ON1)C1(c2ccccc2)Cc2ccccc2ON1. The Bertz CT molecular complexity index is 1240. The normalized spacial score (nSPS) is 23.4. The lowest BCUT2D eigenvalue weighted by atomic mass is 9.53. The molecule has 0 bridgehead atoms. The highest BCUT2D eigenvalue weighted by Gasteiger charge is 2.62. The minimum Gasteiger partial charge on any atom is -0.408 e. The van der Waals surface area contributed by atoms with Crippen molar-refractivity contribution < 1.29 is 9.68 Å². The quantitative estimate of drug-likeness (QED) is 0.386. The molecular weight excluding hydrogens is 432 g/mol. The molecule has 0 amide bonds. The Hall–Kier alpha value is -3.60. The topological polar surface area (TPSA) is 42.5 Å². The molecule has 2 heterocycles. The van der Waals surface area contributed by atoms with E-state index in [2.05, 4.69) is 110 Å². The van der Waals surface area contributed by atoms with Crippen LogP contribution in [0.25, 0.3) is 0 Å². The van der Waals surface area contributed by atoms with Crippen molar-refractivity contribution in [1.82, 2.24) is 11.0 Å². The third-order valence-electron chi connectivity index (χ3n) is 8.19. The van der Waals surface area contributed by atoms with Gasteiger partial charge in [-0.25, -0.2) is 0 Å². The van der Waals surface area contributed by atoms with Gasteiger partial charge < -0.3 is 9.68 Å². The molecule has 2 aliphatic heterocycles. The number of hydrogen-bond donors (Lipinski definition) is 2. The summed E-state index contributed by atoms with van der Waals surface area (Å²) >= 11 is 0. The maximum atomic E-state index is 6.30. The van der Waals surface area contributed by atoms with E-state index >= 15 is 0 Å². The van der Waals surface area contributed by atoms with E-state index in [9.17, 15) is 0 Å². The van der Waals surface area contributed by atoms with Crippen LogP contribution in [0.4, 0.5) is 0 Å². The van der Waals surface area contributed by atoms with Gasteiger partial charge in [-0.1, -0.05) is 111 Å². The number of nitrogens with one attached hydrogen (secondary N) is 2. The van der Waals surface area contributed by atoms with Crippen molar-refractivity contribution in [3.63, 3.8) is 0 Å². The van der Waals surface area contributed by atoms with Gasteiger partial charge in [0.05, 0.1) is 11.1 Å². The molecule has 176 valence electrons. The van der Waals surface area contributed by atoms with Gasteiger partial charge in [0.25, 0.3) is 0 Å². The summed E-state index contributed by atoms with van der Waals surface area (Å²) in [6.07, 6.45) is 1.55. The highest BCUT2D eigenvalue weighted by Crippen LogP contribution is 2.57. The monoisotopic (exact) mass is 462 g/mol. The van der Waals surface area contributed by atoms with Crippen LogP contribution < -0.4 is 20.6 Å². The van der Waals surface area contributed by atoms with Gasteiger partial charge in [0.15, 0.2) is 0 Å². The summed E-state index contributed by atoms with van der Waals surface area (Å²) in [6, 6.07) is 37.9. The van der Waals surface area contributed by atoms with Crippen molar-refractivity contribution in [3.8, 4) is 11.5 Å². The lowest BCUT2D eigenvalue weighted by molar-refractivity contribution is -0.111. The molecule has 2 atom stereocenters. The van der Waals surface area contributed by atoms with Crippen molar-refractivity contribution in [3.05, 3.63) is 131 Å². The van der Waals surface area contributed by atoms with Gasteiger partial charge in [0, 0.05) is 18.3 Å². The summed E-state index contributed by atoms with van der Waals surface area (Å²) in [6.45, 7) is 4.64. The van der Waals surface area contributed by atoms with Gasteiger partial charge in [-0.05, 0) is 34.4 Å². The smallest absolute Gasteiger partial charge is 0.150 e. The lowest BCUT2D eigenvalue weighted by Crippen LogP contribution is -2.70. The highest BCUT2D eigenvalue weighted by atomic mass is 16.7. The van der Waals surface area contributed by atoms with Crippen molar-refractivity contribution in [1.29, 1.82) is 0 Å². The van der Waals surface area contributed by atoms with Gasteiger partial charge >= 0.3 is 0 Å². The van der Waals surface area contributed by atoms with Crippen LogP contribution in [0, 0.1) is 5.41 Å². The lowest BCUT2D eigenvalue weighted by Gasteiger charge is -2.59. The maximum Gasteiger partial charge on any atom is 0.150 e. The molecule has 4 nitrogen and oxygen atoms in total. The number of para-hydroxylation sites is 2. The first kappa shape index (κ1) is 21.9. The van der Waals surface area contributed by atoms with Crippen LogP contribution in [0.3, 0.4) is 0 Å². The summed E-state index contributed by atoms with van der Waals surface area (Å²) in [5.74, 6) is 1.75. The summed E-state index contributed by atoms with van der Waals surface area (Å²) < 4.78 is 0. The Morgan fingerprint density at radius 2 is 0.914 bits per heavy atom. The van der Waals surface area contributed by atoms with Crippen molar-refractivity contribution >= 4 is 0 Å². The van der Waals surface area contributed by atoms with E-state index in [4.69, 9.17) is 9.68 Å². The molecule has 0 saturated heterocycles. The van der Waals surface area contributed by atoms with Crippen LogP contribution in [0.15, 0.2) is 109 Å². The van der Waals surface area contributed by atoms with Crippen LogP contribution >= 0.6 is 0 Å². The number of benzene rings is 4. The molecule has 0 spiro atoms.